The van der Waals surface area contributed by atoms with E-state index in [4.69, 9.17) is 5.73 Å². The van der Waals surface area contributed by atoms with Crippen molar-refractivity contribution in [2.75, 3.05) is 31.1 Å². The fourth-order valence-corrected chi connectivity index (χ4v) is 2.01. The van der Waals surface area contributed by atoms with Crippen LogP contribution >= 0.6 is 24.8 Å². The van der Waals surface area contributed by atoms with Crippen LogP contribution in [0.25, 0.3) is 0 Å². The van der Waals surface area contributed by atoms with Gasteiger partial charge >= 0.3 is 0 Å². The van der Waals surface area contributed by atoms with E-state index in [2.05, 4.69) is 15.1 Å². The molecule has 0 radical (unpaired) electrons. The largest absolute Gasteiger partial charge is 0.352 e. The van der Waals surface area contributed by atoms with Gasteiger partial charge in [0, 0.05) is 32.4 Å². The number of hydrogen-bond acceptors (Lipinski definition) is 5. The zero-order valence-electron chi connectivity index (χ0n) is 11.7. The maximum Gasteiger partial charge on any atom is 0.242 e. The molecule has 1 aromatic rings. The number of halogens is 2. The predicted octanol–water partition coefficient (Wildman–Crippen LogP) is 0.706. The van der Waals surface area contributed by atoms with Crippen LogP contribution in [0.15, 0.2) is 18.3 Å². The van der Waals surface area contributed by atoms with Crippen LogP contribution in [0.4, 0.5) is 5.82 Å². The monoisotopic (exact) mass is 321 g/mol. The third kappa shape index (κ3) is 4.47. The molecule has 0 saturated carbocycles. The fraction of sp³-hybridized carbons (Fsp3) is 0.583. The number of amides is 1. The SMILES string of the molecule is CC(C)(N)C(=O)N1CCN(c2cccnn2)CC1.Cl.Cl. The Hall–Kier alpha value is -1.11. The topological polar surface area (TPSA) is 75.4 Å². The average molecular weight is 322 g/mol. The summed E-state index contributed by atoms with van der Waals surface area (Å²) in [6.45, 7) is 6.36. The Morgan fingerprint density at radius 1 is 1.25 bits per heavy atom. The molecule has 0 atom stereocenters. The molecule has 0 bridgehead atoms. The summed E-state index contributed by atoms with van der Waals surface area (Å²) in [6.07, 6.45) is 1.65. The molecule has 20 heavy (non-hydrogen) atoms. The molecule has 0 spiro atoms. The van der Waals surface area contributed by atoms with Gasteiger partial charge in [0.05, 0.1) is 5.54 Å². The number of aromatic nitrogens is 2. The van der Waals surface area contributed by atoms with Crippen LogP contribution in [0.1, 0.15) is 13.8 Å². The van der Waals surface area contributed by atoms with Crippen LogP contribution in [0.5, 0.6) is 0 Å². The zero-order valence-corrected chi connectivity index (χ0v) is 13.3. The molecule has 0 unspecified atom stereocenters. The molecular weight excluding hydrogens is 301 g/mol. The van der Waals surface area contributed by atoms with E-state index in [1.54, 1.807) is 20.0 Å². The van der Waals surface area contributed by atoms with Crippen molar-refractivity contribution in [1.82, 2.24) is 15.1 Å². The highest BCUT2D eigenvalue weighted by molar-refractivity contribution is 5.86. The summed E-state index contributed by atoms with van der Waals surface area (Å²) in [5.41, 5.74) is 5.03. The van der Waals surface area contributed by atoms with Crippen molar-refractivity contribution in [3.8, 4) is 0 Å². The van der Waals surface area contributed by atoms with E-state index in [0.717, 1.165) is 18.9 Å². The standard InChI is InChI=1S/C12H19N5O.2ClH/c1-12(2,13)11(18)17-8-6-16(7-9-17)10-4-3-5-14-15-10;;/h3-5H,6-9,13H2,1-2H3;2*1H. The molecule has 1 saturated heterocycles. The third-order valence-corrected chi connectivity index (χ3v) is 3.00. The van der Waals surface area contributed by atoms with Crippen molar-refractivity contribution in [3.05, 3.63) is 18.3 Å². The Morgan fingerprint density at radius 3 is 2.30 bits per heavy atom. The molecular formula is C12H21Cl2N5O. The molecule has 114 valence electrons. The Kier molecular flexibility index (Phi) is 7.19. The first kappa shape index (κ1) is 18.9. The summed E-state index contributed by atoms with van der Waals surface area (Å²) in [7, 11) is 0. The van der Waals surface area contributed by atoms with Gasteiger partial charge in [-0.3, -0.25) is 4.79 Å². The van der Waals surface area contributed by atoms with Gasteiger partial charge in [0.1, 0.15) is 0 Å². The minimum Gasteiger partial charge on any atom is -0.352 e. The molecule has 1 aromatic heterocycles. The van der Waals surface area contributed by atoms with Crippen LogP contribution in [-0.4, -0.2) is 52.7 Å². The van der Waals surface area contributed by atoms with Crippen molar-refractivity contribution < 1.29 is 4.79 Å². The molecule has 2 rings (SSSR count). The lowest BCUT2D eigenvalue weighted by Crippen LogP contribution is -2.57. The van der Waals surface area contributed by atoms with Crippen molar-refractivity contribution in [3.63, 3.8) is 0 Å². The van der Waals surface area contributed by atoms with E-state index in [1.165, 1.54) is 0 Å². The summed E-state index contributed by atoms with van der Waals surface area (Å²) in [6, 6.07) is 3.79. The second-order valence-electron chi connectivity index (χ2n) is 5.08. The van der Waals surface area contributed by atoms with E-state index in [-0.39, 0.29) is 30.7 Å². The van der Waals surface area contributed by atoms with Crippen LogP contribution in [0.2, 0.25) is 0 Å². The lowest BCUT2D eigenvalue weighted by atomic mass is 10.0. The van der Waals surface area contributed by atoms with Gasteiger partial charge in [0.2, 0.25) is 5.91 Å². The Labute approximate surface area is 131 Å². The number of anilines is 1. The van der Waals surface area contributed by atoms with E-state index in [0.29, 0.717) is 13.1 Å². The second kappa shape index (κ2) is 7.61. The lowest BCUT2D eigenvalue weighted by Gasteiger charge is -2.37. The van der Waals surface area contributed by atoms with E-state index in [9.17, 15) is 4.79 Å². The van der Waals surface area contributed by atoms with E-state index < -0.39 is 5.54 Å². The number of nitrogens with zero attached hydrogens (tertiary/aromatic N) is 4. The van der Waals surface area contributed by atoms with E-state index >= 15 is 0 Å². The van der Waals surface area contributed by atoms with Gasteiger partial charge in [-0.25, -0.2) is 0 Å². The van der Waals surface area contributed by atoms with Gasteiger partial charge in [-0.05, 0) is 26.0 Å². The summed E-state index contributed by atoms with van der Waals surface area (Å²) in [5.74, 6) is 0.859. The number of carbonyl (C=O) groups is 1. The highest BCUT2D eigenvalue weighted by Gasteiger charge is 2.30. The van der Waals surface area contributed by atoms with Crippen molar-refractivity contribution in [2.45, 2.75) is 19.4 Å². The number of nitrogens with two attached hydrogens (primary N) is 1. The molecule has 1 aliphatic heterocycles. The van der Waals surface area contributed by atoms with Crippen LogP contribution < -0.4 is 10.6 Å². The summed E-state index contributed by atoms with van der Waals surface area (Å²) in [4.78, 5) is 16.0. The maximum absolute atomic E-state index is 12.0. The smallest absolute Gasteiger partial charge is 0.242 e. The molecule has 0 aromatic carbocycles. The molecule has 1 aliphatic rings. The minimum atomic E-state index is -0.797. The molecule has 1 fully saturated rings. The number of hydrogen-bond donors (Lipinski definition) is 1. The molecule has 2 heterocycles. The van der Waals surface area contributed by atoms with Crippen molar-refractivity contribution in [2.24, 2.45) is 5.73 Å². The Balaban J connectivity index is 0.00000180. The fourth-order valence-electron chi connectivity index (χ4n) is 2.01. The molecule has 1 amide bonds. The second-order valence-corrected chi connectivity index (χ2v) is 5.08. The normalized spacial score (nSPS) is 15.2. The van der Waals surface area contributed by atoms with Crippen LogP contribution in [-0.2, 0) is 4.79 Å². The predicted molar refractivity (Wildman–Crippen MR) is 83.6 cm³/mol. The summed E-state index contributed by atoms with van der Waals surface area (Å²) in [5, 5.41) is 7.93. The maximum atomic E-state index is 12.0. The molecule has 2 N–H and O–H groups in total. The number of carbonyl (C=O) groups excluding carboxylic acids is 1. The third-order valence-electron chi connectivity index (χ3n) is 3.00. The van der Waals surface area contributed by atoms with Crippen LogP contribution in [0, 0.1) is 0 Å². The van der Waals surface area contributed by atoms with Crippen molar-refractivity contribution >= 4 is 36.5 Å². The lowest BCUT2D eigenvalue weighted by molar-refractivity contribution is -0.136. The van der Waals surface area contributed by atoms with Gasteiger partial charge in [0.25, 0.3) is 0 Å². The molecule has 8 heteroatoms. The Morgan fingerprint density at radius 2 is 1.85 bits per heavy atom. The first-order chi connectivity index (χ1) is 8.48. The zero-order chi connectivity index (χ0) is 13.2. The first-order valence-electron chi connectivity index (χ1n) is 6.09. The highest BCUT2D eigenvalue weighted by Crippen LogP contribution is 2.13. The Bertz CT molecular complexity index is 416. The van der Waals surface area contributed by atoms with Gasteiger partial charge < -0.3 is 15.5 Å². The van der Waals surface area contributed by atoms with Crippen molar-refractivity contribution in [1.29, 1.82) is 0 Å². The van der Waals surface area contributed by atoms with Gasteiger partial charge in [-0.1, -0.05) is 0 Å². The summed E-state index contributed by atoms with van der Waals surface area (Å²) < 4.78 is 0. The van der Waals surface area contributed by atoms with Gasteiger partial charge in [0.15, 0.2) is 5.82 Å². The first-order valence-corrected chi connectivity index (χ1v) is 6.09. The average Bonchev–Trinajstić information content (AvgIpc) is 2.38. The van der Waals surface area contributed by atoms with Crippen LogP contribution in [0.3, 0.4) is 0 Å². The highest BCUT2D eigenvalue weighted by atomic mass is 35.5. The molecule has 6 nitrogen and oxygen atoms in total. The molecule has 0 aliphatic carbocycles. The number of rotatable bonds is 2. The van der Waals surface area contributed by atoms with Gasteiger partial charge in [-0.15, -0.1) is 29.9 Å². The quantitative estimate of drug-likeness (QED) is 0.868. The van der Waals surface area contributed by atoms with Gasteiger partial charge in [-0.2, -0.15) is 5.10 Å². The van der Waals surface area contributed by atoms with E-state index in [1.807, 2.05) is 17.0 Å². The number of piperazine rings is 1. The summed E-state index contributed by atoms with van der Waals surface area (Å²) >= 11 is 0. The minimum absolute atomic E-state index is 0.